The lowest BCUT2D eigenvalue weighted by molar-refractivity contribution is -0.120. The predicted molar refractivity (Wildman–Crippen MR) is 82.0 cm³/mol. The van der Waals surface area contributed by atoms with Gasteiger partial charge in [-0.1, -0.05) is 13.0 Å². The van der Waals surface area contributed by atoms with Gasteiger partial charge in [0.2, 0.25) is 5.91 Å². The smallest absolute Gasteiger partial charge is 0.235 e. The summed E-state index contributed by atoms with van der Waals surface area (Å²) in [4.78, 5) is 12.0. The molecule has 0 atom stereocenters. The topological polar surface area (TPSA) is 89.0 Å². The second kappa shape index (κ2) is 5.69. The molecule has 0 unspecified atom stereocenters. The lowest BCUT2D eigenvalue weighted by Crippen LogP contribution is -2.45. The van der Waals surface area contributed by atoms with Crippen molar-refractivity contribution in [2.24, 2.45) is 0 Å². The van der Waals surface area contributed by atoms with Crippen molar-refractivity contribution in [2.75, 3.05) is 5.75 Å². The first kappa shape index (κ1) is 15.8. The Balaban J connectivity index is 2.27. The van der Waals surface area contributed by atoms with Crippen LogP contribution in [0, 0.1) is 0 Å². The van der Waals surface area contributed by atoms with E-state index in [2.05, 4.69) is 14.1 Å². The summed E-state index contributed by atoms with van der Waals surface area (Å²) >= 11 is 0.951. The lowest BCUT2D eigenvalue weighted by Gasteiger charge is -2.24. The second-order valence-corrected chi connectivity index (χ2v) is 7.92. The van der Waals surface area contributed by atoms with Gasteiger partial charge in [0.15, 0.2) is 9.84 Å². The molecule has 0 saturated carbocycles. The molecule has 0 radical (unpaired) electrons. The summed E-state index contributed by atoms with van der Waals surface area (Å²) in [6.45, 7) is 5.63. The summed E-state index contributed by atoms with van der Waals surface area (Å²) in [7, 11) is -3.74. The highest BCUT2D eigenvalue weighted by atomic mass is 32.2. The van der Waals surface area contributed by atoms with E-state index in [-0.39, 0.29) is 4.90 Å². The van der Waals surface area contributed by atoms with Crippen LogP contribution in [0.4, 0.5) is 0 Å². The van der Waals surface area contributed by atoms with E-state index in [1.54, 1.807) is 12.1 Å². The second-order valence-electron chi connectivity index (χ2n) is 5.43. The molecule has 1 N–H and O–H groups in total. The Bertz CT molecular complexity index is 766. The van der Waals surface area contributed by atoms with Gasteiger partial charge in [-0.3, -0.25) is 4.79 Å². The largest absolute Gasteiger partial charge is 0.350 e. The van der Waals surface area contributed by atoms with Gasteiger partial charge in [0.25, 0.3) is 0 Å². The number of carbonyl (C=O) groups is 1. The van der Waals surface area contributed by atoms with E-state index >= 15 is 0 Å². The normalized spacial score (nSPS) is 12.5. The van der Waals surface area contributed by atoms with Gasteiger partial charge in [0, 0.05) is 5.54 Å². The Hall–Kier alpha value is -1.54. The van der Waals surface area contributed by atoms with Crippen LogP contribution in [0.2, 0.25) is 0 Å². The number of hydrogen-bond acceptors (Lipinski definition) is 6. The number of fused-ring (bicyclic) bond motifs is 1. The monoisotopic (exact) mass is 327 g/mol. The van der Waals surface area contributed by atoms with Gasteiger partial charge in [-0.25, -0.2) is 8.42 Å². The Morgan fingerprint density at radius 1 is 1.33 bits per heavy atom. The van der Waals surface area contributed by atoms with Crippen LogP contribution >= 0.6 is 11.7 Å². The summed E-state index contributed by atoms with van der Waals surface area (Å²) in [5.74, 6) is -1.10. The number of carbonyl (C=O) groups excluding carboxylic acids is 1. The summed E-state index contributed by atoms with van der Waals surface area (Å²) < 4.78 is 32.8. The van der Waals surface area contributed by atoms with Crippen LogP contribution in [0.3, 0.4) is 0 Å². The van der Waals surface area contributed by atoms with Gasteiger partial charge in [-0.2, -0.15) is 8.75 Å². The number of nitrogens with one attached hydrogen (secondary N) is 1. The molecular formula is C13H17N3O3S2. The predicted octanol–water partition coefficient (Wildman–Crippen LogP) is 1.77. The molecule has 1 aromatic carbocycles. The summed E-state index contributed by atoms with van der Waals surface area (Å²) in [5.41, 5.74) is 0.418. The van der Waals surface area contributed by atoms with Crippen LogP contribution in [0.15, 0.2) is 23.1 Å². The minimum absolute atomic E-state index is 0.0539. The average Bonchev–Trinajstić information content (AvgIpc) is 2.84. The first-order valence-corrected chi connectivity index (χ1v) is 8.88. The molecule has 21 heavy (non-hydrogen) atoms. The van der Waals surface area contributed by atoms with E-state index < -0.39 is 27.0 Å². The number of hydrogen-bond donors (Lipinski definition) is 1. The van der Waals surface area contributed by atoms with Crippen molar-refractivity contribution in [3.8, 4) is 0 Å². The number of aromatic nitrogens is 2. The van der Waals surface area contributed by atoms with Crippen molar-refractivity contribution in [3.05, 3.63) is 18.2 Å². The van der Waals surface area contributed by atoms with Crippen LogP contribution in [0.5, 0.6) is 0 Å². The van der Waals surface area contributed by atoms with Gasteiger partial charge in [0.05, 0.1) is 16.6 Å². The maximum Gasteiger partial charge on any atom is 0.235 e. The maximum absolute atomic E-state index is 12.4. The number of nitrogens with zero attached hydrogens (tertiary/aromatic N) is 2. The van der Waals surface area contributed by atoms with Crippen LogP contribution in [0.25, 0.3) is 11.0 Å². The van der Waals surface area contributed by atoms with E-state index in [9.17, 15) is 13.2 Å². The van der Waals surface area contributed by atoms with Crippen molar-refractivity contribution in [3.63, 3.8) is 0 Å². The fourth-order valence-corrected chi connectivity index (χ4v) is 3.70. The van der Waals surface area contributed by atoms with Gasteiger partial charge < -0.3 is 5.32 Å². The SMILES string of the molecule is CCC(C)(C)NC(=O)CS(=O)(=O)c1cccc2nsnc12. The Morgan fingerprint density at radius 3 is 2.71 bits per heavy atom. The summed E-state index contributed by atoms with van der Waals surface area (Å²) in [6, 6.07) is 4.75. The van der Waals surface area contributed by atoms with Crippen LogP contribution in [0.1, 0.15) is 27.2 Å². The molecule has 0 saturated heterocycles. The first-order valence-electron chi connectivity index (χ1n) is 6.50. The van der Waals surface area contributed by atoms with E-state index in [0.29, 0.717) is 17.5 Å². The van der Waals surface area contributed by atoms with Gasteiger partial charge >= 0.3 is 0 Å². The van der Waals surface area contributed by atoms with Gasteiger partial charge in [-0.05, 0) is 32.4 Å². The van der Waals surface area contributed by atoms with Gasteiger partial charge in [0.1, 0.15) is 16.8 Å². The third-order valence-corrected chi connectivity index (χ3v) is 5.45. The molecular weight excluding hydrogens is 310 g/mol. The molecule has 0 spiro atoms. The molecule has 0 aliphatic rings. The molecule has 0 bridgehead atoms. The number of benzene rings is 1. The van der Waals surface area contributed by atoms with Crippen molar-refractivity contribution in [1.29, 1.82) is 0 Å². The fraction of sp³-hybridized carbons (Fsp3) is 0.462. The first-order chi connectivity index (χ1) is 9.75. The van der Waals surface area contributed by atoms with Crippen molar-refractivity contribution in [2.45, 2.75) is 37.6 Å². The molecule has 1 heterocycles. The summed E-state index contributed by atoms with van der Waals surface area (Å²) in [6.07, 6.45) is 0.713. The van der Waals surface area contributed by atoms with Crippen molar-refractivity contribution in [1.82, 2.24) is 14.1 Å². The van der Waals surface area contributed by atoms with Gasteiger partial charge in [-0.15, -0.1) is 0 Å². The van der Waals surface area contributed by atoms with E-state index in [1.807, 2.05) is 20.8 Å². The molecule has 1 aromatic heterocycles. The summed E-state index contributed by atoms with van der Waals surface area (Å²) in [5, 5.41) is 2.72. The zero-order valence-corrected chi connectivity index (χ0v) is 13.7. The Labute approximate surface area is 127 Å². The molecule has 8 heteroatoms. The molecule has 1 amide bonds. The van der Waals surface area contributed by atoms with Crippen LogP contribution in [-0.4, -0.2) is 34.4 Å². The fourth-order valence-electron chi connectivity index (χ4n) is 1.78. The lowest BCUT2D eigenvalue weighted by atomic mass is 10.0. The standard InChI is InChI=1S/C13H17N3O3S2/c1-4-13(2,3)14-11(17)8-21(18,19)10-7-5-6-9-12(10)16-20-15-9/h5-7H,4,8H2,1-3H3,(H,14,17). The maximum atomic E-state index is 12.4. The molecule has 2 rings (SSSR count). The van der Waals surface area contributed by atoms with Crippen LogP contribution in [-0.2, 0) is 14.6 Å². The minimum atomic E-state index is -3.74. The molecule has 2 aromatic rings. The molecule has 0 fully saturated rings. The Kier molecular flexibility index (Phi) is 4.29. The number of amides is 1. The number of rotatable bonds is 5. The molecule has 0 aliphatic heterocycles. The van der Waals surface area contributed by atoms with E-state index in [4.69, 9.17) is 0 Å². The van der Waals surface area contributed by atoms with Crippen molar-refractivity contribution >= 4 is 38.5 Å². The molecule has 114 valence electrons. The zero-order valence-electron chi connectivity index (χ0n) is 12.1. The van der Waals surface area contributed by atoms with E-state index in [1.165, 1.54) is 6.07 Å². The highest BCUT2D eigenvalue weighted by Crippen LogP contribution is 2.22. The van der Waals surface area contributed by atoms with Crippen molar-refractivity contribution < 1.29 is 13.2 Å². The minimum Gasteiger partial charge on any atom is -0.350 e. The highest BCUT2D eigenvalue weighted by molar-refractivity contribution is 7.92. The zero-order chi connectivity index (χ0) is 15.7. The average molecular weight is 327 g/mol. The molecule has 0 aliphatic carbocycles. The number of sulfone groups is 1. The highest BCUT2D eigenvalue weighted by Gasteiger charge is 2.26. The molecule has 6 nitrogen and oxygen atoms in total. The van der Waals surface area contributed by atoms with E-state index in [0.717, 1.165) is 11.7 Å². The third-order valence-electron chi connectivity index (χ3n) is 3.27. The quantitative estimate of drug-likeness (QED) is 0.904. The Morgan fingerprint density at radius 2 is 2.05 bits per heavy atom. The third kappa shape index (κ3) is 3.56. The van der Waals surface area contributed by atoms with Crippen LogP contribution < -0.4 is 5.32 Å².